The van der Waals surface area contributed by atoms with Gasteiger partial charge in [0.25, 0.3) is 0 Å². The van der Waals surface area contributed by atoms with Gasteiger partial charge in [0.1, 0.15) is 0 Å². The van der Waals surface area contributed by atoms with E-state index >= 15 is 0 Å². The molecule has 1 aliphatic heterocycles. The first-order valence-electron chi connectivity index (χ1n) is 4.89. The van der Waals surface area contributed by atoms with E-state index in [0.29, 0.717) is 18.0 Å². The fraction of sp³-hybridized carbons (Fsp3) is 0.636. The highest BCUT2D eigenvalue weighted by atomic mass is 16.5. The Labute approximate surface area is 81.9 Å². The molecule has 0 N–H and O–H groups in total. The fourth-order valence-electron chi connectivity index (χ4n) is 1.56. The first-order chi connectivity index (χ1) is 5.95. The molecule has 1 rings (SSSR count). The minimum atomic E-state index is 0.292. The van der Waals surface area contributed by atoms with E-state index in [0.717, 1.165) is 5.66 Å². The van der Waals surface area contributed by atoms with Crippen molar-refractivity contribution in [3.63, 3.8) is 0 Å². The fourth-order valence-corrected chi connectivity index (χ4v) is 1.56. The maximum atomic E-state index is 5.34. The predicted octanol–water partition coefficient (Wildman–Crippen LogP) is 2.95. The van der Waals surface area contributed by atoms with Crippen LogP contribution in [-0.2, 0) is 4.74 Å². The van der Waals surface area contributed by atoms with E-state index in [1.165, 1.54) is 0 Å². The van der Waals surface area contributed by atoms with Gasteiger partial charge >= 0.3 is 0 Å². The molecule has 1 heterocycles. The van der Waals surface area contributed by atoms with Crippen molar-refractivity contribution >= 4 is 6.71 Å². The second-order valence-electron chi connectivity index (χ2n) is 4.84. The number of allylic oxidation sites excluding steroid dienone is 2. The first kappa shape index (κ1) is 10.4. The van der Waals surface area contributed by atoms with Crippen LogP contribution in [0.4, 0.5) is 0 Å². The lowest BCUT2D eigenvalue weighted by atomic mass is 9.47. The standard InChI is InChI=1S/C11H19BO/c1-11(2,3)9-6-7-12(4)10(8-9)13-5/h6-9H,1-5H3. The Morgan fingerprint density at radius 3 is 2.46 bits per heavy atom. The Bertz CT molecular complexity index is 235. The van der Waals surface area contributed by atoms with Crippen LogP contribution in [0.15, 0.2) is 23.8 Å². The Kier molecular flexibility index (Phi) is 2.89. The zero-order chi connectivity index (χ0) is 10.1. The van der Waals surface area contributed by atoms with Crippen molar-refractivity contribution in [1.82, 2.24) is 0 Å². The molecule has 0 saturated carbocycles. The van der Waals surface area contributed by atoms with E-state index in [2.05, 4.69) is 45.7 Å². The van der Waals surface area contributed by atoms with E-state index < -0.39 is 0 Å². The van der Waals surface area contributed by atoms with Gasteiger partial charge in [-0.1, -0.05) is 33.7 Å². The average Bonchev–Trinajstić information content (AvgIpc) is 2.03. The second kappa shape index (κ2) is 3.61. The molecule has 1 aliphatic rings. The molecule has 0 amide bonds. The van der Waals surface area contributed by atoms with E-state index in [9.17, 15) is 0 Å². The summed E-state index contributed by atoms with van der Waals surface area (Å²) in [6.45, 7) is 9.35. The summed E-state index contributed by atoms with van der Waals surface area (Å²) < 4.78 is 5.34. The molecular weight excluding hydrogens is 159 g/mol. The number of methoxy groups -OCH3 is 1. The van der Waals surface area contributed by atoms with Crippen molar-refractivity contribution in [3.05, 3.63) is 23.8 Å². The highest BCUT2D eigenvalue weighted by Crippen LogP contribution is 2.32. The second-order valence-corrected chi connectivity index (χ2v) is 4.84. The quantitative estimate of drug-likeness (QED) is 0.561. The van der Waals surface area contributed by atoms with Crippen LogP contribution >= 0.6 is 0 Å². The zero-order valence-electron chi connectivity index (χ0n) is 9.29. The van der Waals surface area contributed by atoms with Gasteiger partial charge in [0.2, 0.25) is 6.71 Å². The van der Waals surface area contributed by atoms with Crippen molar-refractivity contribution < 1.29 is 4.74 Å². The minimum Gasteiger partial charge on any atom is -0.511 e. The van der Waals surface area contributed by atoms with Gasteiger partial charge in [-0.3, -0.25) is 0 Å². The van der Waals surface area contributed by atoms with Crippen molar-refractivity contribution in [1.29, 1.82) is 0 Å². The van der Waals surface area contributed by atoms with Crippen LogP contribution in [-0.4, -0.2) is 13.8 Å². The van der Waals surface area contributed by atoms with Gasteiger partial charge in [0.05, 0.1) is 12.8 Å². The highest BCUT2D eigenvalue weighted by molar-refractivity contribution is 6.70. The van der Waals surface area contributed by atoms with Gasteiger partial charge in [0.15, 0.2) is 0 Å². The molecular formula is C11H19BO. The molecule has 0 radical (unpaired) electrons. The third-order valence-electron chi connectivity index (χ3n) is 2.64. The normalized spacial score (nSPS) is 23.0. The Balaban J connectivity index is 2.83. The molecule has 0 aromatic heterocycles. The van der Waals surface area contributed by atoms with Gasteiger partial charge in [-0.2, -0.15) is 0 Å². The summed E-state index contributed by atoms with van der Waals surface area (Å²) in [6.07, 6.45) is 4.53. The molecule has 2 heteroatoms. The summed E-state index contributed by atoms with van der Waals surface area (Å²) in [5.74, 6) is 2.73. The van der Waals surface area contributed by atoms with Gasteiger partial charge in [0, 0.05) is 5.92 Å². The molecule has 72 valence electrons. The largest absolute Gasteiger partial charge is 0.511 e. The Hall–Kier alpha value is -0.655. The number of rotatable bonds is 1. The molecule has 13 heavy (non-hydrogen) atoms. The number of hydrogen-bond donors (Lipinski definition) is 0. The maximum absolute atomic E-state index is 5.34. The maximum Gasteiger partial charge on any atom is 0.243 e. The van der Waals surface area contributed by atoms with Gasteiger partial charge in [-0.25, -0.2) is 0 Å². The van der Waals surface area contributed by atoms with E-state index in [1.54, 1.807) is 7.11 Å². The summed E-state index contributed by atoms with van der Waals surface area (Å²) in [5.41, 5.74) is 1.39. The molecule has 1 nitrogen and oxygen atoms in total. The summed E-state index contributed by atoms with van der Waals surface area (Å²) in [7, 11) is 1.75. The molecule has 1 unspecified atom stereocenters. The highest BCUT2D eigenvalue weighted by Gasteiger charge is 2.26. The van der Waals surface area contributed by atoms with Crippen LogP contribution in [0.1, 0.15) is 20.8 Å². The van der Waals surface area contributed by atoms with Crippen LogP contribution in [0.3, 0.4) is 0 Å². The predicted molar refractivity (Wildman–Crippen MR) is 58.8 cm³/mol. The molecule has 0 aliphatic carbocycles. The van der Waals surface area contributed by atoms with Gasteiger partial charge in [-0.15, -0.1) is 5.98 Å². The lowest BCUT2D eigenvalue weighted by Crippen LogP contribution is -2.24. The molecule has 0 saturated heterocycles. The van der Waals surface area contributed by atoms with E-state index in [4.69, 9.17) is 4.74 Å². The van der Waals surface area contributed by atoms with Crippen LogP contribution in [0.25, 0.3) is 0 Å². The molecule has 0 bridgehead atoms. The minimum absolute atomic E-state index is 0.292. The van der Waals surface area contributed by atoms with Crippen molar-refractivity contribution in [2.24, 2.45) is 11.3 Å². The van der Waals surface area contributed by atoms with Crippen LogP contribution in [0.2, 0.25) is 6.82 Å². The first-order valence-corrected chi connectivity index (χ1v) is 4.89. The van der Waals surface area contributed by atoms with Crippen molar-refractivity contribution in [2.45, 2.75) is 27.6 Å². The van der Waals surface area contributed by atoms with Crippen LogP contribution in [0, 0.1) is 11.3 Å². The monoisotopic (exact) mass is 178 g/mol. The van der Waals surface area contributed by atoms with Gasteiger partial charge in [-0.05, 0) is 11.5 Å². The number of hydrogen-bond acceptors (Lipinski definition) is 1. The number of ether oxygens (including phenoxy) is 1. The van der Waals surface area contributed by atoms with Crippen LogP contribution in [0.5, 0.6) is 0 Å². The Morgan fingerprint density at radius 1 is 1.38 bits per heavy atom. The molecule has 0 fully saturated rings. The van der Waals surface area contributed by atoms with E-state index in [-0.39, 0.29) is 0 Å². The third kappa shape index (κ3) is 2.39. The van der Waals surface area contributed by atoms with Crippen molar-refractivity contribution in [3.8, 4) is 0 Å². The summed E-state index contributed by atoms with van der Waals surface area (Å²) in [6, 6.07) is 0. The van der Waals surface area contributed by atoms with E-state index in [1.807, 2.05) is 0 Å². The lowest BCUT2D eigenvalue weighted by Gasteiger charge is -2.29. The van der Waals surface area contributed by atoms with Crippen LogP contribution < -0.4 is 0 Å². The smallest absolute Gasteiger partial charge is 0.243 e. The zero-order valence-corrected chi connectivity index (χ0v) is 9.29. The molecule has 0 aromatic rings. The lowest BCUT2D eigenvalue weighted by molar-refractivity contribution is 0.295. The Morgan fingerprint density at radius 2 is 2.00 bits per heavy atom. The summed E-state index contributed by atoms with van der Waals surface area (Å²) in [4.78, 5) is 0. The third-order valence-corrected chi connectivity index (χ3v) is 2.64. The average molecular weight is 178 g/mol. The van der Waals surface area contributed by atoms with Crippen molar-refractivity contribution in [2.75, 3.05) is 7.11 Å². The summed E-state index contributed by atoms with van der Waals surface area (Å²) in [5, 5.41) is 0. The summed E-state index contributed by atoms with van der Waals surface area (Å²) >= 11 is 0. The SMILES string of the molecule is COC1=CC(C(C)(C)C)C=CB1C. The molecule has 0 aromatic carbocycles. The topological polar surface area (TPSA) is 9.23 Å². The molecule has 0 spiro atoms. The molecule has 1 atom stereocenters. The van der Waals surface area contributed by atoms with Gasteiger partial charge < -0.3 is 4.74 Å².